The molecular formula is C9H18N2O. The van der Waals surface area contributed by atoms with Crippen molar-refractivity contribution in [1.82, 2.24) is 10.2 Å². The number of nitrogens with zero attached hydrogens (tertiary/aromatic N) is 1. The molecule has 0 amide bonds. The summed E-state index contributed by atoms with van der Waals surface area (Å²) >= 11 is 0. The van der Waals surface area contributed by atoms with Crippen LogP contribution in [0, 0.1) is 0 Å². The lowest BCUT2D eigenvalue weighted by Crippen LogP contribution is -2.44. The van der Waals surface area contributed by atoms with E-state index >= 15 is 0 Å². The number of nitrogens with one attached hydrogen (secondary N) is 1. The van der Waals surface area contributed by atoms with Crippen LogP contribution in [0.15, 0.2) is 12.2 Å². The highest BCUT2D eigenvalue weighted by Crippen LogP contribution is 1.98. The highest BCUT2D eigenvalue weighted by molar-refractivity contribution is 4.98. The second-order valence-corrected chi connectivity index (χ2v) is 3.21. The smallest absolute Gasteiger partial charge is 0.0682 e. The van der Waals surface area contributed by atoms with E-state index in [1.165, 1.54) is 5.57 Å². The van der Waals surface area contributed by atoms with Gasteiger partial charge in [0.05, 0.1) is 6.61 Å². The molecule has 70 valence electrons. The molecule has 3 heteroatoms. The Morgan fingerprint density at radius 3 is 2.75 bits per heavy atom. The van der Waals surface area contributed by atoms with E-state index in [0.29, 0.717) is 6.61 Å². The zero-order valence-electron chi connectivity index (χ0n) is 7.81. The third-order valence-electron chi connectivity index (χ3n) is 2.01. The summed E-state index contributed by atoms with van der Waals surface area (Å²) in [5.41, 5.74) is 1.17. The van der Waals surface area contributed by atoms with Gasteiger partial charge in [0.25, 0.3) is 0 Å². The summed E-state index contributed by atoms with van der Waals surface area (Å²) in [5, 5.41) is 3.32. The molecular weight excluding hydrogens is 152 g/mol. The van der Waals surface area contributed by atoms with Crippen molar-refractivity contribution in [1.29, 1.82) is 0 Å². The average molecular weight is 170 g/mol. The lowest BCUT2D eigenvalue weighted by molar-refractivity contribution is 0.203. The fraction of sp³-hybridized carbons (Fsp3) is 0.778. The van der Waals surface area contributed by atoms with Crippen molar-refractivity contribution >= 4 is 0 Å². The molecule has 1 aliphatic rings. The van der Waals surface area contributed by atoms with Crippen LogP contribution in [0.2, 0.25) is 0 Å². The van der Waals surface area contributed by atoms with Gasteiger partial charge in [0.1, 0.15) is 0 Å². The predicted octanol–water partition coefficient (Wildman–Crippen LogP) is 0.0942. The maximum Gasteiger partial charge on any atom is 0.0682 e. The van der Waals surface area contributed by atoms with Gasteiger partial charge >= 0.3 is 0 Å². The third kappa shape index (κ3) is 3.34. The normalized spacial score (nSPS) is 19.4. The van der Waals surface area contributed by atoms with Crippen LogP contribution in [0.3, 0.4) is 0 Å². The summed E-state index contributed by atoms with van der Waals surface area (Å²) in [5.74, 6) is 0. The van der Waals surface area contributed by atoms with E-state index in [-0.39, 0.29) is 0 Å². The molecule has 0 bridgehead atoms. The zero-order valence-corrected chi connectivity index (χ0v) is 7.81. The van der Waals surface area contributed by atoms with Crippen LogP contribution in [0.5, 0.6) is 0 Å². The molecule has 1 saturated heterocycles. The first-order valence-electron chi connectivity index (χ1n) is 4.41. The molecule has 0 unspecified atom stereocenters. The minimum Gasteiger partial charge on any atom is -0.380 e. The number of rotatable bonds is 4. The van der Waals surface area contributed by atoms with Crippen LogP contribution in [0.4, 0.5) is 0 Å². The Balaban J connectivity index is 2.15. The fourth-order valence-electron chi connectivity index (χ4n) is 1.44. The van der Waals surface area contributed by atoms with Crippen LogP contribution in [-0.4, -0.2) is 51.3 Å². The van der Waals surface area contributed by atoms with Crippen molar-refractivity contribution in [2.75, 3.05) is 46.4 Å². The Hall–Kier alpha value is -0.380. The second-order valence-electron chi connectivity index (χ2n) is 3.21. The molecule has 0 aromatic heterocycles. The van der Waals surface area contributed by atoms with Gasteiger partial charge in [-0.05, 0) is 5.57 Å². The number of methoxy groups -OCH3 is 1. The van der Waals surface area contributed by atoms with Crippen molar-refractivity contribution in [3.63, 3.8) is 0 Å². The van der Waals surface area contributed by atoms with Gasteiger partial charge in [-0.15, -0.1) is 0 Å². The third-order valence-corrected chi connectivity index (χ3v) is 2.01. The molecule has 0 atom stereocenters. The van der Waals surface area contributed by atoms with E-state index in [2.05, 4.69) is 16.8 Å². The van der Waals surface area contributed by atoms with Crippen LogP contribution >= 0.6 is 0 Å². The van der Waals surface area contributed by atoms with Gasteiger partial charge in [0.15, 0.2) is 0 Å². The largest absolute Gasteiger partial charge is 0.380 e. The van der Waals surface area contributed by atoms with Crippen molar-refractivity contribution < 1.29 is 4.74 Å². The van der Waals surface area contributed by atoms with Gasteiger partial charge in [-0.3, -0.25) is 4.90 Å². The molecule has 1 aliphatic heterocycles. The molecule has 12 heavy (non-hydrogen) atoms. The summed E-state index contributed by atoms with van der Waals surface area (Å²) in [6.45, 7) is 10.1. The molecule has 0 saturated carbocycles. The number of hydrogen-bond acceptors (Lipinski definition) is 3. The average Bonchev–Trinajstić information content (AvgIpc) is 2.06. The fourth-order valence-corrected chi connectivity index (χ4v) is 1.44. The minimum atomic E-state index is 0.684. The molecule has 1 rings (SSSR count). The first kappa shape index (κ1) is 9.71. The summed E-state index contributed by atoms with van der Waals surface area (Å²) in [6, 6.07) is 0. The maximum absolute atomic E-state index is 5.00. The Morgan fingerprint density at radius 2 is 2.17 bits per heavy atom. The van der Waals surface area contributed by atoms with Crippen LogP contribution < -0.4 is 5.32 Å². The van der Waals surface area contributed by atoms with Gasteiger partial charge in [0.2, 0.25) is 0 Å². The number of ether oxygens (including phenoxy) is 1. The Morgan fingerprint density at radius 1 is 1.50 bits per heavy atom. The predicted molar refractivity (Wildman–Crippen MR) is 50.3 cm³/mol. The quantitative estimate of drug-likeness (QED) is 0.605. The molecule has 1 fully saturated rings. The summed E-state index contributed by atoms with van der Waals surface area (Å²) in [6.07, 6.45) is 0. The highest BCUT2D eigenvalue weighted by atomic mass is 16.5. The van der Waals surface area contributed by atoms with Crippen LogP contribution in [0.25, 0.3) is 0 Å². The molecule has 3 nitrogen and oxygen atoms in total. The minimum absolute atomic E-state index is 0.684. The van der Waals surface area contributed by atoms with E-state index in [4.69, 9.17) is 4.74 Å². The standard InChI is InChI=1S/C9H18N2O/c1-9(8-12-2)7-11-5-3-10-4-6-11/h10H,1,3-8H2,2H3. The van der Waals surface area contributed by atoms with Gasteiger partial charge in [0, 0.05) is 39.8 Å². The van der Waals surface area contributed by atoms with Gasteiger partial charge in [-0.25, -0.2) is 0 Å². The topological polar surface area (TPSA) is 24.5 Å². The van der Waals surface area contributed by atoms with E-state index in [1.54, 1.807) is 7.11 Å². The first-order valence-corrected chi connectivity index (χ1v) is 4.41. The van der Waals surface area contributed by atoms with Crippen molar-refractivity contribution in [2.45, 2.75) is 0 Å². The molecule has 0 aromatic rings. The molecule has 0 spiro atoms. The van der Waals surface area contributed by atoms with Crippen LogP contribution in [-0.2, 0) is 4.74 Å². The van der Waals surface area contributed by atoms with Crippen LogP contribution in [0.1, 0.15) is 0 Å². The molecule has 0 radical (unpaired) electrons. The number of piperazine rings is 1. The molecule has 0 aliphatic carbocycles. The van der Waals surface area contributed by atoms with Gasteiger partial charge in [-0.1, -0.05) is 6.58 Å². The Kier molecular flexibility index (Phi) is 4.29. The van der Waals surface area contributed by atoms with E-state index in [0.717, 1.165) is 32.7 Å². The Labute approximate surface area is 74.4 Å². The molecule has 1 heterocycles. The second kappa shape index (κ2) is 5.30. The van der Waals surface area contributed by atoms with Gasteiger partial charge < -0.3 is 10.1 Å². The number of hydrogen-bond donors (Lipinski definition) is 1. The highest BCUT2D eigenvalue weighted by Gasteiger charge is 2.09. The van der Waals surface area contributed by atoms with Crippen molar-refractivity contribution in [3.05, 3.63) is 12.2 Å². The molecule has 0 aromatic carbocycles. The SMILES string of the molecule is C=C(COC)CN1CCNCC1. The summed E-state index contributed by atoms with van der Waals surface area (Å²) < 4.78 is 5.00. The molecule has 1 N–H and O–H groups in total. The van der Waals surface area contributed by atoms with Crippen molar-refractivity contribution in [2.24, 2.45) is 0 Å². The summed E-state index contributed by atoms with van der Waals surface area (Å²) in [7, 11) is 1.71. The zero-order chi connectivity index (χ0) is 8.81. The Bertz CT molecular complexity index is 141. The first-order chi connectivity index (χ1) is 5.83. The lowest BCUT2D eigenvalue weighted by Gasteiger charge is -2.27. The van der Waals surface area contributed by atoms with Crippen molar-refractivity contribution in [3.8, 4) is 0 Å². The monoisotopic (exact) mass is 170 g/mol. The lowest BCUT2D eigenvalue weighted by atomic mass is 10.2. The van der Waals surface area contributed by atoms with E-state index < -0.39 is 0 Å². The van der Waals surface area contributed by atoms with E-state index in [9.17, 15) is 0 Å². The maximum atomic E-state index is 5.00. The van der Waals surface area contributed by atoms with Gasteiger partial charge in [-0.2, -0.15) is 0 Å². The van der Waals surface area contributed by atoms with E-state index in [1.807, 2.05) is 0 Å². The summed E-state index contributed by atoms with van der Waals surface area (Å²) in [4.78, 5) is 2.40.